The van der Waals surface area contributed by atoms with Crippen LogP contribution in [0, 0.1) is 0 Å². The van der Waals surface area contributed by atoms with Gasteiger partial charge in [-0.1, -0.05) is 36.0 Å². The van der Waals surface area contributed by atoms with Gasteiger partial charge in [-0.2, -0.15) is 0 Å². The van der Waals surface area contributed by atoms with Gasteiger partial charge in [0.1, 0.15) is 19.0 Å². The van der Waals surface area contributed by atoms with E-state index in [1.165, 1.54) is 0 Å². The van der Waals surface area contributed by atoms with E-state index >= 15 is 0 Å². The van der Waals surface area contributed by atoms with Crippen LogP contribution in [0.4, 0.5) is 11.4 Å². The monoisotopic (exact) mass is 505 g/mol. The van der Waals surface area contributed by atoms with Gasteiger partial charge < -0.3 is 33.2 Å². The maximum atomic E-state index is 5.89. The van der Waals surface area contributed by atoms with Crippen molar-refractivity contribution in [1.82, 2.24) is 10.6 Å². The number of aliphatic imine (C=N–C) groups is 3. The van der Waals surface area contributed by atoms with Crippen molar-refractivity contribution >= 4 is 52.3 Å². The summed E-state index contributed by atoms with van der Waals surface area (Å²) in [5.74, 6) is 1.15. The molecule has 2 aromatic rings. The first-order chi connectivity index (χ1) is 16.4. The molecular weight excluding hydrogens is 473 g/mol. The lowest BCUT2D eigenvalue weighted by atomic mass is 10.2. The Morgan fingerprint density at radius 3 is 1.82 bits per heavy atom. The van der Waals surface area contributed by atoms with Crippen LogP contribution in [0.2, 0.25) is 10.0 Å². The van der Waals surface area contributed by atoms with E-state index in [0.29, 0.717) is 34.5 Å². The summed E-state index contributed by atoms with van der Waals surface area (Å²) in [6, 6.07) is 14.5. The highest BCUT2D eigenvalue weighted by molar-refractivity contribution is 6.30. The molecule has 11 heteroatoms. The Hall–Kier alpha value is -3.17. The lowest BCUT2D eigenvalue weighted by Crippen LogP contribution is -2.33. The second-order valence-corrected chi connectivity index (χ2v) is 8.31. The Morgan fingerprint density at radius 2 is 1.24 bits per heavy atom. The van der Waals surface area contributed by atoms with Gasteiger partial charge in [-0.3, -0.25) is 0 Å². The minimum atomic E-state index is 0.228. The highest BCUT2D eigenvalue weighted by atomic mass is 35.5. The quantitative estimate of drug-likeness (QED) is 0.139. The van der Waals surface area contributed by atoms with Gasteiger partial charge in [0.15, 0.2) is 11.9 Å². The molecule has 0 aliphatic rings. The number of nitrogens with one attached hydrogen (secondary N) is 3. The molecule has 0 spiro atoms. The molecule has 9 N–H and O–H groups in total. The van der Waals surface area contributed by atoms with Crippen LogP contribution in [0.1, 0.15) is 25.7 Å². The molecular formula is C23H33Cl2N9. The highest BCUT2D eigenvalue weighted by Gasteiger charge is 1.97. The smallest absolute Gasteiger partial charge is 0.190 e. The first-order valence-electron chi connectivity index (χ1n) is 11.1. The average molecular weight is 506 g/mol. The molecule has 0 atom stereocenters. The fourth-order valence-electron chi connectivity index (χ4n) is 2.81. The highest BCUT2D eigenvalue weighted by Crippen LogP contribution is 2.16. The van der Waals surface area contributed by atoms with Gasteiger partial charge in [0.05, 0.1) is 5.69 Å². The van der Waals surface area contributed by atoms with Crippen molar-refractivity contribution in [3.63, 3.8) is 0 Å². The molecule has 0 unspecified atom stereocenters. The Kier molecular flexibility index (Phi) is 12.4. The standard InChI is InChI=1S/C23H33Cl2N9/c24-17-5-9-19(10-6-17)32-16-33-23(28)30-14-4-2-1-3-13-29-22(27)31-15-21(26)34-20-11-7-18(25)8-12-20/h5-12,32H,1-4,13-16H2,(H2,26,34)(H3,27,29,31)(H3,28,30,33). The van der Waals surface area contributed by atoms with Crippen LogP contribution >= 0.6 is 23.2 Å². The lowest BCUT2D eigenvalue weighted by molar-refractivity contribution is 0.622. The van der Waals surface area contributed by atoms with E-state index in [2.05, 4.69) is 30.9 Å². The summed E-state index contributed by atoms with van der Waals surface area (Å²) >= 11 is 11.7. The molecule has 0 fully saturated rings. The van der Waals surface area contributed by atoms with Crippen LogP contribution in [0.15, 0.2) is 63.5 Å². The Morgan fingerprint density at radius 1 is 0.706 bits per heavy atom. The normalized spacial score (nSPS) is 12.5. The topological polar surface area (TPSA) is 151 Å². The van der Waals surface area contributed by atoms with Crippen LogP contribution in [-0.2, 0) is 0 Å². The summed E-state index contributed by atoms with van der Waals surface area (Å²) < 4.78 is 0. The number of hydrogen-bond donors (Lipinski definition) is 6. The summed E-state index contributed by atoms with van der Waals surface area (Å²) in [6.07, 6.45) is 4.13. The number of benzene rings is 2. The predicted octanol–water partition coefficient (Wildman–Crippen LogP) is 3.42. The van der Waals surface area contributed by atoms with Crippen molar-refractivity contribution in [3.05, 3.63) is 58.6 Å². The molecule has 0 amide bonds. The summed E-state index contributed by atoms with van der Waals surface area (Å²) in [6.45, 7) is 2.15. The van der Waals surface area contributed by atoms with Crippen molar-refractivity contribution in [1.29, 1.82) is 0 Å². The third-order valence-corrected chi connectivity index (χ3v) is 5.11. The van der Waals surface area contributed by atoms with Gasteiger partial charge >= 0.3 is 0 Å². The number of guanidine groups is 2. The molecule has 184 valence electrons. The number of halogens is 2. The van der Waals surface area contributed by atoms with Gasteiger partial charge in [0.25, 0.3) is 0 Å². The third-order valence-electron chi connectivity index (χ3n) is 4.60. The molecule has 0 aliphatic heterocycles. The van der Waals surface area contributed by atoms with E-state index in [1.54, 1.807) is 24.3 Å². The van der Waals surface area contributed by atoms with E-state index in [4.69, 9.17) is 40.4 Å². The van der Waals surface area contributed by atoms with Gasteiger partial charge in [-0.15, -0.1) is 0 Å². The van der Waals surface area contributed by atoms with Gasteiger partial charge in [-0.25, -0.2) is 15.0 Å². The second-order valence-electron chi connectivity index (χ2n) is 7.43. The number of hydrogen-bond acceptors (Lipinski definition) is 4. The zero-order valence-corrected chi connectivity index (χ0v) is 20.6. The third kappa shape index (κ3) is 12.2. The summed E-state index contributed by atoms with van der Waals surface area (Å²) in [5, 5.41) is 10.7. The largest absolute Gasteiger partial charge is 0.386 e. The molecule has 0 saturated carbocycles. The fourth-order valence-corrected chi connectivity index (χ4v) is 3.07. The van der Waals surface area contributed by atoms with Gasteiger partial charge in [-0.05, 0) is 61.4 Å². The summed E-state index contributed by atoms with van der Waals surface area (Å²) in [5.41, 5.74) is 19.3. The fraction of sp³-hybridized carbons (Fsp3) is 0.348. The zero-order chi connectivity index (χ0) is 24.6. The summed E-state index contributed by atoms with van der Waals surface area (Å²) in [4.78, 5) is 12.7. The number of nitrogens with zero attached hydrogens (tertiary/aromatic N) is 3. The number of unbranched alkanes of at least 4 members (excludes halogenated alkanes) is 3. The van der Waals surface area contributed by atoms with E-state index in [9.17, 15) is 0 Å². The van der Waals surface area contributed by atoms with Crippen molar-refractivity contribution in [2.24, 2.45) is 32.2 Å². The zero-order valence-electron chi connectivity index (χ0n) is 19.1. The van der Waals surface area contributed by atoms with E-state index in [-0.39, 0.29) is 6.54 Å². The first kappa shape index (κ1) is 27.1. The van der Waals surface area contributed by atoms with Gasteiger partial charge in [0, 0.05) is 28.8 Å². The van der Waals surface area contributed by atoms with E-state index in [1.807, 2.05) is 24.3 Å². The van der Waals surface area contributed by atoms with E-state index < -0.39 is 0 Å². The number of nitrogens with two attached hydrogens (primary N) is 3. The van der Waals surface area contributed by atoms with Crippen LogP contribution in [0.3, 0.4) is 0 Å². The number of amidine groups is 1. The van der Waals surface area contributed by atoms with E-state index in [0.717, 1.165) is 50.1 Å². The van der Waals surface area contributed by atoms with Crippen molar-refractivity contribution < 1.29 is 0 Å². The lowest BCUT2D eigenvalue weighted by Gasteiger charge is -2.08. The molecule has 0 heterocycles. The average Bonchev–Trinajstić information content (AvgIpc) is 2.82. The summed E-state index contributed by atoms with van der Waals surface area (Å²) in [7, 11) is 0. The number of anilines is 1. The minimum Gasteiger partial charge on any atom is -0.386 e. The molecule has 0 saturated heterocycles. The van der Waals surface area contributed by atoms with Gasteiger partial charge in [0.2, 0.25) is 0 Å². The molecule has 0 radical (unpaired) electrons. The molecule has 2 rings (SSSR count). The second kappa shape index (κ2) is 15.6. The van der Waals surface area contributed by atoms with Crippen LogP contribution in [0.5, 0.6) is 0 Å². The van der Waals surface area contributed by atoms with Crippen LogP contribution < -0.4 is 33.2 Å². The molecule has 0 aliphatic carbocycles. The van der Waals surface area contributed by atoms with Crippen molar-refractivity contribution in [2.75, 3.05) is 31.6 Å². The molecule has 0 aromatic heterocycles. The van der Waals surface area contributed by atoms with Crippen molar-refractivity contribution in [3.8, 4) is 0 Å². The van der Waals surface area contributed by atoms with Crippen LogP contribution in [0.25, 0.3) is 0 Å². The Labute approximate surface area is 210 Å². The maximum Gasteiger partial charge on any atom is 0.190 e. The first-order valence-corrected chi connectivity index (χ1v) is 11.8. The maximum absolute atomic E-state index is 5.89. The molecule has 34 heavy (non-hydrogen) atoms. The predicted molar refractivity (Wildman–Crippen MR) is 145 cm³/mol. The molecule has 9 nitrogen and oxygen atoms in total. The Bertz CT molecular complexity index is 942. The Balaban J connectivity index is 1.49. The molecule has 0 bridgehead atoms. The SMILES string of the molecule is NC(CN=C(N)NCCCCCCNC(N)=NCNc1ccc(Cl)cc1)=Nc1ccc(Cl)cc1. The minimum absolute atomic E-state index is 0.228. The van der Waals surface area contributed by atoms with Crippen LogP contribution in [-0.4, -0.2) is 44.1 Å². The van der Waals surface area contributed by atoms with Crippen molar-refractivity contribution in [2.45, 2.75) is 25.7 Å². The number of rotatable bonds is 13. The molecule has 2 aromatic carbocycles.